The van der Waals surface area contributed by atoms with Crippen LogP contribution < -0.4 is 0 Å². The van der Waals surface area contributed by atoms with Gasteiger partial charge in [-0.3, -0.25) is 9.78 Å². The van der Waals surface area contributed by atoms with E-state index < -0.39 is 0 Å². The fourth-order valence-electron chi connectivity index (χ4n) is 3.71. The van der Waals surface area contributed by atoms with Crippen molar-refractivity contribution < 1.29 is 9.53 Å². The summed E-state index contributed by atoms with van der Waals surface area (Å²) in [6.07, 6.45) is 9.05. The maximum absolute atomic E-state index is 13.1. The van der Waals surface area contributed by atoms with Gasteiger partial charge in [-0.1, -0.05) is 24.3 Å². The molecule has 1 aliphatic heterocycles. The van der Waals surface area contributed by atoms with Crippen LogP contribution >= 0.6 is 0 Å². The van der Waals surface area contributed by atoms with Crippen molar-refractivity contribution in [2.45, 2.75) is 38.3 Å². The first-order valence-electron chi connectivity index (χ1n) is 9.65. The molecule has 1 amide bonds. The standard InChI is InChI=1S/C22H25N3O2/c26-22(21-9-3-4-13-27-21)25(16-17-6-5-11-23-14-17)12-10-18-15-24-20-8-2-1-7-19(18)20/h1-2,5-8,11,14-15,21,24H,3-4,9-10,12-13,16H2/t21-/m0/s1. The van der Waals surface area contributed by atoms with Crippen molar-refractivity contribution in [1.29, 1.82) is 0 Å². The normalized spacial score (nSPS) is 17.1. The number of nitrogens with zero attached hydrogens (tertiary/aromatic N) is 2. The van der Waals surface area contributed by atoms with Gasteiger partial charge in [-0.2, -0.15) is 0 Å². The predicted molar refractivity (Wildman–Crippen MR) is 105 cm³/mol. The molecule has 0 saturated carbocycles. The topological polar surface area (TPSA) is 58.2 Å². The van der Waals surface area contributed by atoms with Gasteiger partial charge in [0.2, 0.25) is 0 Å². The van der Waals surface area contributed by atoms with Gasteiger partial charge in [0.1, 0.15) is 6.10 Å². The number of rotatable bonds is 6. The number of pyridine rings is 1. The summed E-state index contributed by atoms with van der Waals surface area (Å²) in [5.74, 6) is 0.0957. The summed E-state index contributed by atoms with van der Waals surface area (Å²) in [6.45, 7) is 1.91. The number of fused-ring (bicyclic) bond motifs is 1. The Kier molecular flexibility index (Phi) is 5.49. The molecule has 0 bridgehead atoms. The highest BCUT2D eigenvalue weighted by Crippen LogP contribution is 2.20. The monoisotopic (exact) mass is 363 g/mol. The van der Waals surface area contributed by atoms with Gasteiger partial charge in [0.15, 0.2) is 0 Å². The van der Waals surface area contributed by atoms with Crippen molar-refractivity contribution >= 4 is 16.8 Å². The smallest absolute Gasteiger partial charge is 0.252 e. The zero-order chi connectivity index (χ0) is 18.5. The number of ether oxygens (including phenoxy) is 1. The second kappa shape index (κ2) is 8.35. The van der Waals surface area contributed by atoms with E-state index in [1.165, 1.54) is 10.9 Å². The van der Waals surface area contributed by atoms with E-state index in [4.69, 9.17) is 4.74 Å². The molecule has 1 fully saturated rings. The Morgan fingerprint density at radius 3 is 2.96 bits per heavy atom. The molecule has 1 N–H and O–H groups in total. The summed E-state index contributed by atoms with van der Waals surface area (Å²) in [6, 6.07) is 12.2. The molecule has 5 nitrogen and oxygen atoms in total. The number of para-hydroxylation sites is 1. The molecule has 1 atom stereocenters. The summed E-state index contributed by atoms with van der Waals surface area (Å²) < 4.78 is 5.75. The summed E-state index contributed by atoms with van der Waals surface area (Å²) in [4.78, 5) is 22.5. The van der Waals surface area contributed by atoms with E-state index in [1.54, 1.807) is 6.20 Å². The number of hydrogen-bond acceptors (Lipinski definition) is 3. The lowest BCUT2D eigenvalue weighted by molar-refractivity contribution is -0.147. The SMILES string of the molecule is O=C([C@@H]1CCCCO1)N(CCc1c[nH]c2ccccc12)Cc1cccnc1. The molecule has 0 spiro atoms. The first-order chi connectivity index (χ1) is 13.3. The van der Waals surface area contributed by atoms with Gasteiger partial charge in [-0.25, -0.2) is 0 Å². The summed E-state index contributed by atoms with van der Waals surface area (Å²) in [7, 11) is 0. The maximum Gasteiger partial charge on any atom is 0.252 e. The van der Waals surface area contributed by atoms with Crippen molar-refractivity contribution in [3.63, 3.8) is 0 Å². The first kappa shape index (κ1) is 17.7. The predicted octanol–water partition coefficient (Wildman–Crippen LogP) is 3.70. The molecule has 5 heteroatoms. The van der Waals surface area contributed by atoms with Gasteiger partial charge in [-0.05, 0) is 48.9 Å². The molecule has 2 aromatic heterocycles. The van der Waals surface area contributed by atoms with Crippen LogP contribution in [0.4, 0.5) is 0 Å². The van der Waals surface area contributed by atoms with Crippen molar-refractivity contribution in [3.8, 4) is 0 Å². The molecular formula is C22H25N3O2. The molecule has 3 heterocycles. The average Bonchev–Trinajstić information content (AvgIpc) is 3.15. The zero-order valence-electron chi connectivity index (χ0n) is 15.4. The number of carbonyl (C=O) groups excluding carboxylic acids is 1. The summed E-state index contributed by atoms with van der Waals surface area (Å²) in [5, 5.41) is 1.22. The molecule has 0 radical (unpaired) electrons. The largest absolute Gasteiger partial charge is 0.368 e. The summed E-state index contributed by atoms with van der Waals surface area (Å²) >= 11 is 0. The third-order valence-corrected chi connectivity index (χ3v) is 5.19. The number of nitrogens with one attached hydrogen (secondary N) is 1. The molecule has 1 aromatic carbocycles. The van der Waals surface area contributed by atoms with Crippen LogP contribution in [-0.4, -0.2) is 40.0 Å². The van der Waals surface area contributed by atoms with Gasteiger partial charge in [0.25, 0.3) is 5.91 Å². The van der Waals surface area contributed by atoms with E-state index in [1.807, 2.05) is 35.4 Å². The molecule has 1 aliphatic rings. The van der Waals surface area contributed by atoms with Gasteiger partial charge in [-0.15, -0.1) is 0 Å². The van der Waals surface area contributed by atoms with Crippen LogP contribution in [0.1, 0.15) is 30.4 Å². The molecule has 3 aromatic rings. The van der Waals surface area contributed by atoms with E-state index in [0.717, 1.165) is 36.8 Å². The lowest BCUT2D eigenvalue weighted by atomic mass is 10.1. The molecule has 0 aliphatic carbocycles. The Hall–Kier alpha value is -2.66. The van der Waals surface area contributed by atoms with Crippen LogP contribution in [0.5, 0.6) is 0 Å². The third kappa shape index (κ3) is 4.19. The minimum atomic E-state index is -0.307. The Morgan fingerprint density at radius 1 is 1.22 bits per heavy atom. The van der Waals surface area contributed by atoms with E-state index in [-0.39, 0.29) is 12.0 Å². The van der Waals surface area contributed by atoms with Gasteiger partial charge >= 0.3 is 0 Å². The number of aromatic amines is 1. The van der Waals surface area contributed by atoms with Crippen LogP contribution in [0.25, 0.3) is 10.9 Å². The first-order valence-corrected chi connectivity index (χ1v) is 9.65. The molecule has 1 saturated heterocycles. The molecule has 4 rings (SSSR count). The average molecular weight is 363 g/mol. The fraction of sp³-hybridized carbons (Fsp3) is 0.364. The van der Waals surface area contributed by atoms with Crippen LogP contribution in [-0.2, 0) is 22.5 Å². The van der Waals surface area contributed by atoms with E-state index in [0.29, 0.717) is 19.7 Å². The van der Waals surface area contributed by atoms with Crippen LogP contribution in [0, 0.1) is 0 Å². The third-order valence-electron chi connectivity index (χ3n) is 5.19. The van der Waals surface area contributed by atoms with E-state index in [9.17, 15) is 4.79 Å². The molecular weight excluding hydrogens is 338 g/mol. The Labute approximate surface area is 159 Å². The Morgan fingerprint density at radius 2 is 2.15 bits per heavy atom. The highest BCUT2D eigenvalue weighted by Gasteiger charge is 2.27. The van der Waals surface area contributed by atoms with Gasteiger partial charge in [0, 0.05) is 49.2 Å². The number of carbonyl (C=O) groups is 1. The molecule has 27 heavy (non-hydrogen) atoms. The lowest BCUT2D eigenvalue weighted by Gasteiger charge is -2.29. The fourth-order valence-corrected chi connectivity index (χ4v) is 3.71. The van der Waals surface area contributed by atoms with Crippen LogP contribution in [0.15, 0.2) is 55.0 Å². The summed E-state index contributed by atoms with van der Waals surface area (Å²) in [5.41, 5.74) is 3.41. The number of benzene rings is 1. The molecule has 0 unspecified atom stereocenters. The second-order valence-electron chi connectivity index (χ2n) is 7.09. The quantitative estimate of drug-likeness (QED) is 0.726. The van der Waals surface area contributed by atoms with Gasteiger partial charge < -0.3 is 14.6 Å². The van der Waals surface area contributed by atoms with Crippen molar-refractivity contribution in [3.05, 3.63) is 66.1 Å². The maximum atomic E-state index is 13.1. The minimum absolute atomic E-state index is 0.0957. The van der Waals surface area contributed by atoms with E-state index in [2.05, 4.69) is 28.3 Å². The molecule has 140 valence electrons. The van der Waals surface area contributed by atoms with Gasteiger partial charge in [0.05, 0.1) is 0 Å². The van der Waals surface area contributed by atoms with E-state index >= 15 is 0 Å². The van der Waals surface area contributed by atoms with Crippen molar-refractivity contribution in [2.24, 2.45) is 0 Å². The second-order valence-corrected chi connectivity index (χ2v) is 7.09. The highest BCUT2D eigenvalue weighted by molar-refractivity contribution is 5.83. The van der Waals surface area contributed by atoms with Crippen molar-refractivity contribution in [1.82, 2.24) is 14.9 Å². The highest BCUT2D eigenvalue weighted by atomic mass is 16.5. The minimum Gasteiger partial charge on any atom is -0.368 e. The zero-order valence-corrected chi connectivity index (χ0v) is 15.4. The lowest BCUT2D eigenvalue weighted by Crippen LogP contribution is -2.42. The Bertz CT molecular complexity index is 885. The number of aromatic nitrogens is 2. The van der Waals surface area contributed by atoms with Crippen molar-refractivity contribution in [2.75, 3.05) is 13.2 Å². The van der Waals surface area contributed by atoms with Crippen LogP contribution in [0.2, 0.25) is 0 Å². The van der Waals surface area contributed by atoms with Crippen LogP contribution in [0.3, 0.4) is 0 Å². The number of hydrogen-bond donors (Lipinski definition) is 1. The number of amides is 1. The Balaban J connectivity index is 1.50. The number of H-pyrrole nitrogens is 1.